The average Bonchev–Trinajstić information content (AvgIpc) is 3.31. The zero-order chi connectivity index (χ0) is 13.1. The molecule has 0 saturated heterocycles. The largest absolute Gasteiger partial charge is 0.395 e. The molecule has 3 saturated carbocycles. The molecule has 0 aromatic heterocycles. The highest BCUT2D eigenvalue weighted by molar-refractivity contribution is 4.94. The Hall–Kier alpha value is -0.120. The van der Waals surface area contributed by atoms with E-state index in [1.807, 2.05) is 0 Å². The molecule has 0 aromatic carbocycles. The van der Waals surface area contributed by atoms with Gasteiger partial charge in [0.05, 0.1) is 6.61 Å². The molecule has 3 aliphatic carbocycles. The van der Waals surface area contributed by atoms with E-state index in [1.165, 1.54) is 70.9 Å². The van der Waals surface area contributed by atoms with Crippen molar-refractivity contribution in [1.82, 2.24) is 10.2 Å². The number of nitrogens with one attached hydrogen (secondary N) is 1. The average molecular weight is 266 g/mol. The van der Waals surface area contributed by atoms with E-state index >= 15 is 0 Å². The second-order valence-electron chi connectivity index (χ2n) is 7.14. The van der Waals surface area contributed by atoms with Crippen LogP contribution in [0.2, 0.25) is 0 Å². The first-order valence-corrected chi connectivity index (χ1v) is 8.40. The van der Waals surface area contributed by atoms with Gasteiger partial charge in [-0.05, 0) is 43.9 Å². The van der Waals surface area contributed by atoms with Gasteiger partial charge < -0.3 is 10.4 Å². The Morgan fingerprint density at radius 3 is 2.37 bits per heavy atom. The van der Waals surface area contributed by atoms with Crippen LogP contribution in [0.5, 0.6) is 0 Å². The van der Waals surface area contributed by atoms with Crippen LogP contribution in [0.15, 0.2) is 0 Å². The van der Waals surface area contributed by atoms with E-state index < -0.39 is 0 Å². The second-order valence-corrected chi connectivity index (χ2v) is 7.14. The lowest BCUT2D eigenvalue weighted by Crippen LogP contribution is -2.47. The standard InChI is InChI=1S/C16H30N2O/c19-11-10-18(15-6-7-15)13-16(8-2-1-3-9-16)12-17-14-4-5-14/h14-15,17,19H,1-13H2. The Morgan fingerprint density at radius 1 is 1.05 bits per heavy atom. The van der Waals surface area contributed by atoms with Gasteiger partial charge in [-0.15, -0.1) is 0 Å². The van der Waals surface area contributed by atoms with Gasteiger partial charge in [0.2, 0.25) is 0 Å². The maximum atomic E-state index is 9.30. The summed E-state index contributed by atoms with van der Waals surface area (Å²) in [5.41, 5.74) is 0.499. The fourth-order valence-corrected chi connectivity index (χ4v) is 3.73. The van der Waals surface area contributed by atoms with Crippen LogP contribution in [0, 0.1) is 5.41 Å². The monoisotopic (exact) mass is 266 g/mol. The normalized spacial score (nSPS) is 26.8. The lowest BCUT2D eigenvalue weighted by Gasteiger charge is -2.41. The molecule has 3 nitrogen and oxygen atoms in total. The molecule has 3 aliphatic rings. The van der Waals surface area contributed by atoms with Crippen molar-refractivity contribution < 1.29 is 5.11 Å². The molecule has 0 amide bonds. The van der Waals surface area contributed by atoms with E-state index in [2.05, 4.69) is 10.2 Å². The summed E-state index contributed by atoms with van der Waals surface area (Å²) in [4.78, 5) is 2.58. The van der Waals surface area contributed by atoms with E-state index in [1.54, 1.807) is 0 Å². The highest BCUT2D eigenvalue weighted by Gasteiger charge is 2.39. The van der Waals surface area contributed by atoms with Crippen LogP contribution in [-0.4, -0.2) is 48.3 Å². The third kappa shape index (κ3) is 3.93. The number of nitrogens with zero attached hydrogens (tertiary/aromatic N) is 1. The van der Waals surface area contributed by atoms with Crippen molar-refractivity contribution in [2.45, 2.75) is 69.9 Å². The SMILES string of the molecule is OCCN(CC1(CNC2CC2)CCCCC1)C1CC1. The van der Waals surface area contributed by atoms with Crippen LogP contribution < -0.4 is 5.32 Å². The summed E-state index contributed by atoms with van der Waals surface area (Å²) in [5.74, 6) is 0. The van der Waals surface area contributed by atoms with E-state index in [-0.39, 0.29) is 0 Å². The van der Waals surface area contributed by atoms with Crippen molar-refractivity contribution in [3.8, 4) is 0 Å². The van der Waals surface area contributed by atoms with Crippen molar-refractivity contribution in [1.29, 1.82) is 0 Å². The summed E-state index contributed by atoms with van der Waals surface area (Å²) in [7, 11) is 0. The van der Waals surface area contributed by atoms with Gasteiger partial charge in [0.1, 0.15) is 0 Å². The molecule has 0 spiro atoms. The number of aliphatic hydroxyl groups excluding tert-OH is 1. The number of rotatable bonds is 8. The molecule has 0 aromatic rings. The molecule has 19 heavy (non-hydrogen) atoms. The Labute approximate surface area is 117 Å². The highest BCUT2D eigenvalue weighted by atomic mass is 16.3. The minimum Gasteiger partial charge on any atom is -0.395 e. The van der Waals surface area contributed by atoms with Crippen molar-refractivity contribution in [3.63, 3.8) is 0 Å². The van der Waals surface area contributed by atoms with Crippen molar-refractivity contribution >= 4 is 0 Å². The third-order valence-corrected chi connectivity index (χ3v) is 5.25. The molecule has 3 fully saturated rings. The van der Waals surface area contributed by atoms with E-state index in [4.69, 9.17) is 0 Å². The Bertz CT molecular complexity index is 280. The van der Waals surface area contributed by atoms with Gasteiger partial charge in [0.25, 0.3) is 0 Å². The summed E-state index contributed by atoms with van der Waals surface area (Å²) in [6.45, 7) is 3.64. The highest BCUT2D eigenvalue weighted by Crippen LogP contribution is 2.39. The summed E-state index contributed by atoms with van der Waals surface area (Å²) < 4.78 is 0. The van der Waals surface area contributed by atoms with Gasteiger partial charge in [-0.3, -0.25) is 4.90 Å². The Balaban J connectivity index is 1.58. The predicted molar refractivity (Wildman–Crippen MR) is 78.2 cm³/mol. The van der Waals surface area contributed by atoms with E-state index in [9.17, 15) is 5.11 Å². The summed E-state index contributed by atoms with van der Waals surface area (Å²) in [5, 5.41) is 13.1. The second kappa shape index (κ2) is 6.11. The quantitative estimate of drug-likeness (QED) is 0.706. The smallest absolute Gasteiger partial charge is 0.0558 e. The minimum atomic E-state index is 0.322. The third-order valence-electron chi connectivity index (χ3n) is 5.25. The van der Waals surface area contributed by atoms with Gasteiger partial charge in [-0.25, -0.2) is 0 Å². The Morgan fingerprint density at radius 2 is 1.79 bits per heavy atom. The van der Waals surface area contributed by atoms with E-state index in [0.717, 1.165) is 18.6 Å². The fraction of sp³-hybridized carbons (Fsp3) is 1.00. The molecule has 0 radical (unpaired) electrons. The van der Waals surface area contributed by atoms with Gasteiger partial charge in [-0.1, -0.05) is 19.3 Å². The van der Waals surface area contributed by atoms with Crippen molar-refractivity contribution in [2.75, 3.05) is 26.2 Å². The fourth-order valence-electron chi connectivity index (χ4n) is 3.73. The Kier molecular flexibility index (Phi) is 4.45. The molecule has 0 atom stereocenters. The van der Waals surface area contributed by atoms with Gasteiger partial charge >= 0.3 is 0 Å². The number of aliphatic hydroxyl groups is 1. The van der Waals surface area contributed by atoms with Crippen LogP contribution in [0.1, 0.15) is 57.8 Å². The van der Waals surface area contributed by atoms with Crippen molar-refractivity contribution in [2.24, 2.45) is 5.41 Å². The zero-order valence-corrected chi connectivity index (χ0v) is 12.2. The molecular weight excluding hydrogens is 236 g/mol. The topological polar surface area (TPSA) is 35.5 Å². The lowest BCUT2D eigenvalue weighted by molar-refractivity contribution is 0.0835. The maximum absolute atomic E-state index is 9.30. The zero-order valence-electron chi connectivity index (χ0n) is 12.2. The first kappa shape index (κ1) is 13.8. The first-order chi connectivity index (χ1) is 9.31. The number of hydrogen-bond donors (Lipinski definition) is 2. The molecule has 0 bridgehead atoms. The number of hydrogen-bond acceptors (Lipinski definition) is 3. The molecule has 0 unspecified atom stereocenters. The predicted octanol–water partition coefficient (Wildman–Crippen LogP) is 2.15. The van der Waals surface area contributed by atoms with E-state index in [0.29, 0.717) is 12.0 Å². The van der Waals surface area contributed by atoms with Crippen LogP contribution in [0.25, 0.3) is 0 Å². The first-order valence-electron chi connectivity index (χ1n) is 8.40. The molecule has 0 heterocycles. The van der Waals surface area contributed by atoms with Crippen LogP contribution in [0.3, 0.4) is 0 Å². The molecule has 3 rings (SSSR count). The van der Waals surface area contributed by atoms with Gasteiger partial charge in [0.15, 0.2) is 0 Å². The van der Waals surface area contributed by atoms with Gasteiger partial charge in [-0.2, -0.15) is 0 Å². The summed E-state index contributed by atoms with van der Waals surface area (Å²) in [6.07, 6.45) is 12.5. The minimum absolute atomic E-state index is 0.322. The molecular formula is C16H30N2O. The molecule has 3 heteroatoms. The molecule has 2 N–H and O–H groups in total. The van der Waals surface area contributed by atoms with Gasteiger partial charge in [0, 0.05) is 31.7 Å². The summed E-state index contributed by atoms with van der Waals surface area (Å²) in [6, 6.07) is 1.61. The molecule has 110 valence electrons. The lowest BCUT2D eigenvalue weighted by atomic mass is 9.73. The molecule has 0 aliphatic heterocycles. The van der Waals surface area contributed by atoms with Crippen LogP contribution in [0.4, 0.5) is 0 Å². The van der Waals surface area contributed by atoms with Crippen LogP contribution >= 0.6 is 0 Å². The van der Waals surface area contributed by atoms with Crippen molar-refractivity contribution in [3.05, 3.63) is 0 Å². The summed E-state index contributed by atoms with van der Waals surface area (Å²) >= 11 is 0. The van der Waals surface area contributed by atoms with Crippen LogP contribution in [-0.2, 0) is 0 Å². The maximum Gasteiger partial charge on any atom is 0.0558 e.